The van der Waals surface area contributed by atoms with Crippen LogP contribution in [-0.2, 0) is 0 Å². The fourth-order valence-electron chi connectivity index (χ4n) is 0.964. The van der Waals surface area contributed by atoms with E-state index >= 15 is 0 Å². The number of hydrogen-bond acceptors (Lipinski definition) is 2. The maximum absolute atomic E-state index is 5.79. The van der Waals surface area contributed by atoms with Crippen molar-refractivity contribution in [1.29, 1.82) is 0 Å². The van der Waals surface area contributed by atoms with Crippen LogP contribution < -0.4 is 5.73 Å². The fraction of sp³-hybridized carbons (Fsp3) is 1.00. The first-order chi connectivity index (χ1) is 4.76. The molecule has 2 heteroatoms. The third kappa shape index (κ3) is 3.21. The molecule has 2 nitrogen and oxygen atoms in total. The van der Waals surface area contributed by atoms with E-state index in [1.165, 1.54) is 0 Å². The summed E-state index contributed by atoms with van der Waals surface area (Å²) in [4.78, 5) is 2.30. The largest absolute Gasteiger partial charge is 0.327 e. The molecule has 2 unspecified atom stereocenters. The van der Waals surface area contributed by atoms with Gasteiger partial charge in [0.2, 0.25) is 0 Å². The Labute approximate surface area is 70.8 Å². The second-order valence-electron chi connectivity index (χ2n) is 4.38. The Kier molecular flexibility index (Phi) is 3.52. The molecular weight excluding hydrogens is 136 g/mol. The van der Waals surface area contributed by atoms with Crippen LogP contribution >= 0.6 is 0 Å². The predicted molar refractivity (Wildman–Crippen MR) is 50.6 cm³/mol. The van der Waals surface area contributed by atoms with Crippen LogP contribution in [0.1, 0.15) is 34.6 Å². The van der Waals surface area contributed by atoms with Crippen LogP contribution in [-0.4, -0.2) is 29.6 Å². The average molecular weight is 158 g/mol. The van der Waals surface area contributed by atoms with Gasteiger partial charge in [0.15, 0.2) is 0 Å². The molecule has 0 radical (unpaired) electrons. The Morgan fingerprint density at radius 2 is 1.55 bits per heavy atom. The summed E-state index contributed by atoms with van der Waals surface area (Å²) in [7, 11) is 2.12. The quantitative estimate of drug-likeness (QED) is 0.659. The van der Waals surface area contributed by atoms with Crippen molar-refractivity contribution in [3.63, 3.8) is 0 Å². The summed E-state index contributed by atoms with van der Waals surface area (Å²) in [6.45, 7) is 10.8. The van der Waals surface area contributed by atoms with Gasteiger partial charge in [0.05, 0.1) is 0 Å². The Hall–Kier alpha value is -0.0800. The second-order valence-corrected chi connectivity index (χ2v) is 4.38. The number of likely N-dealkylation sites (N-methyl/N-ethyl adjacent to an activating group) is 1. The van der Waals surface area contributed by atoms with Crippen LogP contribution in [0.5, 0.6) is 0 Å². The van der Waals surface area contributed by atoms with Crippen LogP contribution in [0, 0.1) is 0 Å². The molecule has 0 aromatic carbocycles. The molecule has 0 saturated heterocycles. The molecule has 0 amide bonds. The summed E-state index contributed by atoms with van der Waals surface area (Å²) in [6.07, 6.45) is 0. The van der Waals surface area contributed by atoms with Gasteiger partial charge in [-0.15, -0.1) is 0 Å². The highest BCUT2D eigenvalue weighted by molar-refractivity contribution is 4.81. The molecule has 0 aliphatic heterocycles. The van der Waals surface area contributed by atoms with E-state index in [9.17, 15) is 0 Å². The van der Waals surface area contributed by atoms with Crippen LogP contribution in [0.3, 0.4) is 0 Å². The van der Waals surface area contributed by atoms with Gasteiger partial charge in [0.1, 0.15) is 0 Å². The van der Waals surface area contributed by atoms with Gasteiger partial charge in [-0.3, -0.25) is 4.90 Å². The molecule has 0 aromatic rings. The van der Waals surface area contributed by atoms with E-state index in [1.54, 1.807) is 0 Å². The molecule has 0 aliphatic carbocycles. The topological polar surface area (TPSA) is 29.3 Å². The van der Waals surface area contributed by atoms with Crippen LogP contribution in [0.4, 0.5) is 0 Å². The number of rotatable bonds is 2. The van der Waals surface area contributed by atoms with Crippen LogP contribution in [0.2, 0.25) is 0 Å². The molecule has 2 N–H and O–H groups in total. The molecule has 0 heterocycles. The maximum atomic E-state index is 5.79. The third-order valence-corrected chi connectivity index (χ3v) is 2.43. The van der Waals surface area contributed by atoms with Crippen molar-refractivity contribution in [2.75, 3.05) is 7.05 Å². The second kappa shape index (κ2) is 3.55. The molecular formula is C9H22N2. The van der Waals surface area contributed by atoms with Gasteiger partial charge in [-0.1, -0.05) is 0 Å². The molecule has 0 aromatic heterocycles. The number of nitrogens with zero attached hydrogens (tertiary/aromatic N) is 1. The Morgan fingerprint density at radius 1 is 1.18 bits per heavy atom. The summed E-state index contributed by atoms with van der Waals surface area (Å²) in [5.74, 6) is 0. The first-order valence-electron chi connectivity index (χ1n) is 4.25. The van der Waals surface area contributed by atoms with Gasteiger partial charge < -0.3 is 5.73 Å². The highest BCUT2D eigenvalue weighted by Crippen LogP contribution is 2.14. The zero-order valence-corrected chi connectivity index (χ0v) is 8.68. The third-order valence-electron chi connectivity index (χ3n) is 2.43. The SMILES string of the molecule is CC(N)C(C)N(C)C(C)(C)C. The zero-order chi connectivity index (χ0) is 9.23. The van der Waals surface area contributed by atoms with Crippen molar-refractivity contribution in [3.8, 4) is 0 Å². The van der Waals surface area contributed by atoms with Gasteiger partial charge in [-0.25, -0.2) is 0 Å². The van der Waals surface area contributed by atoms with Gasteiger partial charge in [0.25, 0.3) is 0 Å². The predicted octanol–water partition coefficient (Wildman–Crippen LogP) is 1.45. The molecule has 0 fully saturated rings. The summed E-state index contributed by atoms with van der Waals surface area (Å²) in [6, 6.07) is 0.675. The van der Waals surface area contributed by atoms with E-state index in [-0.39, 0.29) is 11.6 Å². The summed E-state index contributed by atoms with van der Waals surface area (Å²) in [5, 5.41) is 0. The molecule has 68 valence electrons. The van der Waals surface area contributed by atoms with E-state index in [2.05, 4.69) is 39.6 Å². The van der Waals surface area contributed by atoms with Crippen LogP contribution in [0.25, 0.3) is 0 Å². The molecule has 0 rings (SSSR count). The molecule has 11 heavy (non-hydrogen) atoms. The van der Waals surface area contributed by atoms with Gasteiger partial charge in [-0.2, -0.15) is 0 Å². The van der Waals surface area contributed by atoms with E-state index in [1.807, 2.05) is 6.92 Å². The minimum atomic E-state index is 0.215. The lowest BCUT2D eigenvalue weighted by Gasteiger charge is -2.38. The minimum Gasteiger partial charge on any atom is -0.327 e. The van der Waals surface area contributed by atoms with Gasteiger partial charge >= 0.3 is 0 Å². The fourth-order valence-corrected chi connectivity index (χ4v) is 0.964. The summed E-state index contributed by atoms with van der Waals surface area (Å²) in [5.41, 5.74) is 6.01. The van der Waals surface area contributed by atoms with E-state index < -0.39 is 0 Å². The number of hydrogen-bond donors (Lipinski definition) is 1. The molecule has 0 spiro atoms. The maximum Gasteiger partial charge on any atom is 0.0218 e. The lowest BCUT2D eigenvalue weighted by atomic mass is 10.0. The average Bonchev–Trinajstić information content (AvgIpc) is 1.82. The molecule has 0 saturated carbocycles. The van der Waals surface area contributed by atoms with Gasteiger partial charge in [-0.05, 0) is 41.7 Å². The highest BCUT2D eigenvalue weighted by atomic mass is 15.2. The Bertz CT molecular complexity index is 113. The van der Waals surface area contributed by atoms with Crippen LogP contribution in [0.15, 0.2) is 0 Å². The lowest BCUT2D eigenvalue weighted by molar-refractivity contribution is 0.113. The zero-order valence-electron chi connectivity index (χ0n) is 8.68. The van der Waals surface area contributed by atoms with Crippen molar-refractivity contribution in [2.24, 2.45) is 5.73 Å². The van der Waals surface area contributed by atoms with Crippen molar-refractivity contribution in [1.82, 2.24) is 4.90 Å². The first kappa shape index (κ1) is 10.9. The van der Waals surface area contributed by atoms with E-state index in [4.69, 9.17) is 5.73 Å². The highest BCUT2D eigenvalue weighted by Gasteiger charge is 2.23. The normalized spacial score (nSPS) is 18.5. The molecule has 0 aliphatic rings. The van der Waals surface area contributed by atoms with E-state index in [0.29, 0.717) is 6.04 Å². The monoisotopic (exact) mass is 158 g/mol. The Morgan fingerprint density at radius 3 is 1.64 bits per heavy atom. The standard InChI is InChI=1S/C9H22N2/c1-7(10)8(2)11(6)9(3,4)5/h7-8H,10H2,1-6H3. The lowest BCUT2D eigenvalue weighted by Crippen LogP contribution is -2.50. The number of nitrogens with two attached hydrogens (primary N) is 1. The van der Waals surface area contributed by atoms with Gasteiger partial charge in [0, 0.05) is 17.6 Å². The summed E-state index contributed by atoms with van der Waals surface area (Å²) >= 11 is 0. The van der Waals surface area contributed by atoms with Crippen molar-refractivity contribution in [2.45, 2.75) is 52.2 Å². The van der Waals surface area contributed by atoms with Crippen molar-refractivity contribution >= 4 is 0 Å². The molecule has 2 atom stereocenters. The van der Waals surface area contributed by atoms with E-state index in [0.717, 1.165) is 0 Å². The minimum absolute atomic E-state index is 0.215. The Balaban J connectivity index is 4.13. The van der Waals surface area contributed by atoms with Crippen molar-refractivity contribution < 1.29 is 0 Å². The smallest absolute Gasteiger partial charge is 0.0218 e. The van der Waals surface area contributed by atoms with Crippen molar-refractivity contribution in [3.05, 3.63) is 0 Å². The summed E-state index contributed by atoms with van der Waals surface area (Å²) < 4.78 is 0. The molecule has 0 bridgehead atoms. The first-order valence-corrected chi connectivity index (χ1v) is 4.25.